The summed E-state index contributed by atoms with van der Waals surface area (Å²) in [5.41, 5.74) is 3.34. The molecule has 2 aromatic rings. The second kappa shape index (κ2) is 7.18. The van der Waals surface area contributed by atoms with Gasteiger partial charge in [0.15, 0.2) is 0 Å². The summed E-state index contributed by atoms with van der Waals surface area (Å²) in [6, 6.07) is 11.7. The van der Waals surface area contributed by atoms with Gasteiger partial charge in [-0.3, -0.25) is 4.79 Å². The first-order valence-corrected chi connectivity index (χ1v) is 7.25. The molecule has 2 aromatic carbocycles. The van der Waals surface area contributed by atoms with Crippen molar-refractivity contribution in [1.29, 1.82) is 0 Å². The molecule has 2 N–H and O–H groups in total. The topological polar surface area (TPSA) is 49.3 Å². The number of hydrogen-bond acceptors (Lipinski definition) is 2. The molecule has 4 heteroatoms. The number of nitrogens with one attached hydrogen (secondary N) is 1. The highest BCUT2D eigenvalue weighted by Gasteiger charge is 2.12. The van der Waals surface area contributed by atoms with Crippen LogP contribution >= 0.6 is 0 Å². The number of aryl methyl sites for hydroxylation is 1. The van der Waals surface area contributed by atoms with Gasteiger partial charge in [-0.25, -0.2) is 4.39 Å². The molecule has 0 bridgehead atoms. The van der Waals surface area contributed by atoms with Gasteiger partial charge in [-0.1, -0.05) is 31.2 Å². The van der Waals surface area contributed by atoms with Crippen LogP contribution in [0.1, 0.15) is 36.0 Å². The van der Waals surface area contributed by atoms with E-state index in [9.17, 15) is 9.18 Å². The largest absolute Gasteiger partial charge is 0.392 e. The third-order valence-corrected chi connectivity index (χ3v) is 3.69. The molecule has 0 aliphatic carbocycles. The molecule has 3 nitrogen and oxygen atoms in total. The number of anilines is 1. The Labute approximate surface area is 129 Å². The lowest BCUT2D eigenvalue weighted by molar-refractivity contribution is -0.116. The Morgan fingerprint density at radius 3 is 2.55 bits per heavy atom. The lowest BCUT2D eigenvalue weighted by Crippen LogP contribution is -2.15. The molecule has 0 aromatic heterocycles. The number of rotatable bonds is 5. The first-order valence-electron chi connectivity index (χ1n) is 7.25. The molecular formula is C18H20FNO2. The summed E-state index contributed by atoms with van der Waals surface area (Å²) in [5.74, 6) is -0.381. The maximum absolute atomic E-state index is 12.9. The maximum Gasteiger partial charge on any atom is 0.224 e. The standard InChI is InChI=1S/C18H20FNO2/c1-12-3-4-14(11-21)10-17(12)20-18(22)9-13(2)15-5-7-16(19)8-6-15/h3-8,10,13,21H,9,11H2,1-2H3,(H,20,22). The van der Waals surface area contributed by atoms with Crippen molar-refractivity contribution in [3.63, 3.8) is 0 Å². The van der Waals surface area contributed by atoms with Gasteiger partial charge in [-0.15, -0.1) is 0 Å². The minimum absolute atomic E-state index is 0.00179. The Morgan fingerprint density at radius 2 is 1.91 bits per heavy atom. The number of hydrogen-bond donors (Lipinski definition) is 2. The summed E-state index contributed by atoms with van der Waals surface area (Å²) in [6.45, 7) is 3.78. The summed E-state index contributed by atoms with van der Waals surface area (Å²) in [7, 11) is 0. The Balaban J connectivity index is 2.02. The normalized spacial score (nSPS) is 12.0. The predicted octanol–water partition coefficient (Wildman–Crippen LogP) is 3.76. The summed E-state index contributed by atoms with van der Waals surface area (Å²) >= 11 is 0. The Bertz CT molecular complexity index is 653. The summed E-state index contributed by atoms with van der Waals surface area (Å²) in [5, 5.41) is 12.0. The van der Waals surface area contributed by atoms with E-state index in [4.69, 9.17) is 5.11 Å². The summed E-state index contributed by atoms with van der Waals surface area (Å²) < 4.78 is 12.9. The van der Waals surface area contributed by atoms with Gasteiger partial charge in [0.1, 0.15) is 5.82 Å². The second-order valence-electron chi connectivity index (χ2n) is 5.51. The highest BCUT2D eigenvalue weighted by atomic mass is 19.1. The average molecular weight is 301 g/mol. The molecule has 0 radical (unpaired) electrons. The fraction of sp³-hybridized carbons (Fsp3) is 0.278. The number of halogens is 1. The lowest BCUT2D eigenvalue weighted by atomic mass is 9.97. The Kier molecular flexibility index (Phi) is 5.28. The van der Waals surface area contributed by atoms with Gasteiger partial charge < -0.3 is 10.4 Å². The Morgan fingerprint density at radius 1 is 1.23 bits per heavy atom. The van der Waals surface area contributed by atoms with E-state index in [1.165, 1.54) is 12.1 Å². The smallest absolute Gasteiger partial charge is 0.224 e. The van der Waals surface area contributed by atoms with Crippen molar-refractivity contribution in [2.24, 2.45) is 0 Å². The number of carbonyl (C=O) groups excluding carboxylic acids is 1. The lowest BCUT2D eigenvalue weighted by Gasteiger charge is -2.14. The van der Waals surface area contributed by atoms with Crippen molar-refractivity contribution in [2.75, 3.05) is 5.32 Å². The van der Waals surface area contributed by atoms with Crippen LogP contribution in [0.5, 0.6) is 0 Å². The van der Waals surface area contributed by atoms with Gasteiger partial charge in [-0.2, -0.15) is 0 Å². The molecule has 0 spiro atoms. The number of aliphatic hydroxyl groups is 1. The fourth-order valence-corrected chi connectivity index (χ4v) is 2.29. The first-order chi connectivity index (χ1) is 10.5. The second-order valence-corrected chi connectivity index (χ2v) is 5.51. The zero-order valence-electron chi connectivity index (χ0n) is 12.8. The van der Waals surface area contributed by atoms with Crippen LogP contribution < -0.4 is 5.32 Å². The van der Waals surface area contributed by atoms with E-state index in [2.05, 4.69) is 5.32 Å². The molecule has 0 aliphatic heterocycles. The van der Waals surface area contributed by atoms with E-state index < -0.39 is 0 Å². The van der Waals surface area contributed by atoms with Gasteiger partial charge in [0.05, 0.1) is 6.61 Å². The highest BCUT2D eigenvalue weighted by Crippen LogP contribution is 2.22. The number of carbonyl (C=O) groups is 1. The quantitative estimate of drug-likeness (QED) is 0.883. The molecule has 0 fully saturated rings. The van der Waals surface area contributed by atoms with Crippen LogP contribution in [-0.2, 0) is 11.4 Å². The van der Waals surface area contributed by atoms with Crippen molar-refractivity contribution in [3.05, 3.63) is 65.0 Å². The molecular weight excluding hydrogens is 281 g/mol. The van der Waals surface area contributed by atoms with E-state index in [1.54, 1.807) is 18.2 Å². The van der Waals surface area contributed by atoms with Crippen molar-refractivity contribution >= 4 is 11.6 Å². The predicted molar refractivity (Wildman–Crippen MR) is 85.2 cm³/mol. The maximum atomic E-state index is 12.9. The highest BCUT2D eigenvalue weighted by molar-refractivity contribution is 5.92. The zero-order chi connectivity index (χ0) is 16.1. The molecule has 0 saturated heterocycles. The SMILES string of the molecule is Cc1ccc(CO)cc1NC(=O)CC(C)c1ccc(F)cc1. The molecule has 1 unspecified atom stereocenters. The zero-order valence-corrected chi connectivity index (χ0v) is 12.8. The van der Waals surface area contributed by atoms with Gasteiger partial charge in [0.25, 0.3) is 0 Å². The van der Waals surface area contributed by atoms with E-state index in [0.29, 0.717) is 12.1 Å². The number of aliphatic hydroxyl groups excluding tert-OH is 1. The van der Waals surface area contributed by atoms with Crippen LogP contribution in [0.25, 0.3) is 0 Å². The van der Waals surface area contributed by atoms with Crippen LogP contribution in [0, 0.1) is 12.7 Å². The van der Waals surface area contributed by atoms with Crippen LogP contribution in [0.2, 0.25) is 0 Å². The fourth-order valence-electron chi connectivity index (χ4n) is 2.29. The van der Waals surface area contributed by atoms with Crippen LogP contribution in [0.3, 0.4) is 0 Å². The van der Waals surface area contributed by atoms with Gasteiger partial charge in [-0.05, 0) is 47.7 Å². The van der Waals surface area contributed by atoms with E-state index in [-0.39, 0.29) is 24.2 Å². The molecule has 0 saturated carbocycles. The molecule has 116 valence electrons. The minimum atomic E-state index is -0.281. The molecule has 1 atom stereocenters. The molecule has 2 rings (SSSR count). The van der Waals surface area contributed by atoms with Crippen LogP contribution in [0.4, 0.5) is 10.1 Å². The third kappa shape index (κ3) is 4.15. The summed E-state index contributed by atoms with van der Waals surface area (Å²) in [6.07, 6.45) is 0.314. The van der Waals surface area contributed by atoms with Crippen LogP contribution in [-0.4, -0.2) is 11.0 Å². The van der Waals surface area contributed by atoms with Gasteiger partial charge in [0.2, 0.25) is 5.91 Å². The van der Waals surface area contributed by atoms with Gasteiger partial charge >= 0.3 is 0 Å². The van der Waals surface area contributed by atoms with E-state index in [0.717, 1.165) is 16.7 Å². The monoisotopic (exact) mass is 301 g/mol. The molecule has 1 amide bonds. The summed E-state index contributed by atoms with van der Waals surface area (Å²) in [4.78, 5) is 12.2. The minimum Gasteiger partial charge on any atom is -0.392 e. The molecule has 0 aliphatic rings. The number of benzene rings is 2. The van der Waals surface area contributed by atoms with Gasteiger partial charge in [0, 0.05) is 12.1 Å². The average Bonchev–Trinajstić information content (AvgIpc) is 2.50. The van der Waals surface area contributed by atoms with E-state index in [1.807, 2.05) is 26.0 Å². The van der Waals surface area contributed by atoms with Crippen molar-refractivity contribution in [3.8, 4) is 0 Å². The van der Waals surface area contributed by atoms with E-state index >= 15 is 0 Å². The van der Waals surface area contributed by atoms with Crippen molar-refractivity contribution in [2.45, 2.75) is 32.8 Å². The Hall–Kier alpha value is -2.20. The number of amides is 1. The van der Waals surface area contributed by atoms with Crippen LogP contribution in [0.15, 0.2) is 42.5 Å². The first kappa shape index (κ1) is 16.2. The molecule has 22 heavy (non-hydrogen) atoms. The van der Waals surface area contributed by atoms with Crippen molar-refractivity contribution < 1.29 is 14.3 Å². The third-order valence-electron chi connectivity index (χ3n) is 3.69. The van der Waals surface area contributed by atoms with Crippen molar-refractivity contribution in [1.82, 2.24) is 0 Å². The molecule has 0 heterocycles.